The molecular formula is C23H28ClN3O3S. The average molecular weight is 462 g/mol. The summed E-state index contributed by atoms with van der Waals surface area (Å²) >= 11 is 7.58. The van der Waals surface area contributed by atoms with E-state index in [9.17, 15) is 9.59 Å². The monoisotopic (exact) mass is 461 g/mol. The molecule has 1 aromatic carbocycles. The van der Waals surface area contributed by atoms with E-state index in [4.69, 9.17) is 16.3 Å². The van der Waals surface area contributed by atoms with E-state index in [1.165, 1.54) is 11.8 Å². The highest BCUT2D eigenvalue weighted by molar-refractivity contribution is 8.16. The molecule has 2 aliphatic rings. The second-order valence-electron chi connectivity index (χ2n) is 7.64. The summed E-state index contributed by atoms with van der Waals surface area (Å²) in [7, 11) is 0. The van der Waals surface area contributed by atoms with E-state index in [-0.39, 0.29) is 18.4 Å². The Kier molecular flexibility index (Phi) is 7.49. The lowest BCUT2D eigenvalue weighted by Crippen LogP contribution is -2.39. The average Bonchev–Trinajstić information content (AvgIpc) is 3.10. The summed E-state index contributed by atoms with van der Waals surface area (Å²) in [6.07, 6.45) is -0.0140. The van der Waals surface area contributed by atoms with Gasteiger partial charge in [-0.25, -0.2) is 9.79 Å². The number of nitrogens with zero attached hydrogens (tertiary/aromatic N) is 3. The molecule has 2 aliphatic heterocycles. The molecule has 0 bridgehead atoms. The van der Waals surface area contributed by atoms with Gasteiger partial charge in [0.15, 0.2) is 5.17 Å². The van der Waals surface area contributed by atoms with Crippen LogP contribution < -0.4 is 0 Å². The fraction of sp³-hybridized carbons (Fsp3) is 0.435. The highest BCUT2D eigenvalue weighted by atomic mass is 35.5. The molecule has 0 N–H and O–H groups in total. The lowest BCUT2D eigenvalue weighted by atomic mass is 9.94. The summed E-state index contributed by atoms with van der Waals surface area (Å²) in [4.78, 5) is 34.4. The first kappa shape index (κ1) is 23.4. The minimum atomic E-state index is -0.443. The number of amidine groups is 1. The number of carbonyl (C=O) groups is 2. The van der Waals surface area contributed by atoms with Gasteiger partial charge >= 0.3 is 5.97 Å². The summed E-state index contributed by atoms with van der Waals surface area (Å²) in [5, 5.41) is 3.32. The van der Waals surface area contributed by atoms with Crippen LogP contribution in [0.25, 0.3) is 0 Å². The number of aliphatic imine (C=N–C) groups is 1. The fourth-order valence-electron chi connectivity index (χ4n) is 3.71. The number of allylic oxidation sites excluding steroid dienone is 1. The summed E-state index contributed by atoms with van der Waals surface area (Å²) in [5.41, 5.74) is 2.80. The Bertz CT molecular complexity index is 949. The molecule has 0 fully saturated rings. The van der Waals surface area contributed by atoms with Gasteiger partial charge in [-0.1, -0.05) is 35.5 Å². The van der Waals surface area contributed by atoms with E-state index in [0.29, 0.717) is 29.4 Å². The van der Waals surface area contributed by atoms with Gasteiger partial charge in [0.1, 0.15) is 0 Å². The maximum atomic E-state index is 13.1. The van der Waals surface area contributed by atoms with E-state index in [1.54, 1.807) is 17.0 Å². The van der Waals surface area contributed by atoms with Gasteiger partial charge in [0.2, 0.25) is 5.91 Å². The number of benzene rings is 1. The third-order valence-electron chi connectivity index (χ3n) is 5.20. The Morgan fingerprint density at radius 2 is 1.87 bits per heavy atom. The van der Waals surface area contributed by atoms with E-state index in [2.05, 4.69) is 4.99 Å². The highest BCUT2D eigenvalue weighted by Crippen LogP contribution is 2.45. The number of esters is 1. The normalized spacial score (nSPS) is 18.0. The molecule has 0 radical (unpaired) electrons. The van der Waals surface area contributed by atoms with Gasteiger partial charge in [0.25, 0.3) is 0 Å². The quantitative estimate of drug-likeness (QED) is 0.527. The first-order valence-corrected chi connectivity index (χ1v) is 11.7. The zero-order valence-electron chi connectivity index (χ0n) is 18.5. The Labute approximate surface area is 193 Å². The van der Waals surface area contributed by atoms with Gasteiger partial charge in [0.05, 0.1) is 29.8 Å². The van der Waals surface area contributed by atoms with Gasteiger partial charge in [-0.2, -0.15) is 0 Å². The maximum absolute atomic E-state index is 13.1. The Morgan fingerprint density at radius 3 is 2.45 bits per heavy atom. The predicted octanol–water partition coefficient (Wildman–Crippen LogP) is 5.13. The first-order chi connectivity index (χ1) is 14.8. The number of carbonyl (C=O) groups excluding carboxylic acids is 2. The van der Waals surface area contributed by atoms with Gasteiger partial charge in [-0.15, -0.1) is 0 Å². The van der Waals surface area contributed by atoms with Crippen LogP contribution in [0.1, 0.15) is 52.6 Å². The van der Waals surface area contributed by atoms with E-state index in [0.717, 1.165) is 16.4 Å². The number of rotatable bonds is 7. The van der Waals surface area contributed by atoms with E-state index >= 15 is 0 Å². The van der Waals surface area contributed by atoms with E-state index < -0.39 is 12.0 Å². The second kappa shape index (κ2) is 9.92. The molecule has 6 nitrogen and oxygen atoms in total. The van der Waals surface area contributed by atoms with Crippen LogP contribution in [0.3, 0.4) is 0 Å². The summed E-state index contributed by atoms with van der Waals surface area (Å²) in [6, 6.07) is 6.96. The van der Waals surface area contributed by atoms with Crippen molar-refractivity contribution in [2.24, 2.45) is 4.99 Å². The minimum absolute atomic E-state index is 0.0468. The van der Waals surface area contributed by atoms with Crippen molar-refractivity contribution in [1.29, 1.82) is 0 Å². The molecule has 2 heterocycles. The molecule has 0 spiro atoms. The zero-order valence-corrected chi connectivity index (χ0v) is 20.1. The molecule has 3 rings (SSSR count). The zero-order chi connectivity index (χ0) is 22.7. The van der Waals surface area contributed by atoms with Crippen LogP contribution in [0, 0.1) is 0 Å². The van der Waals surface area contributed by atoms with Crippen molar-refractivity contribution in [3.05, 3.63) is 57.2 Å². The van der Waals surface area contributed by atoms with Crippen LogP contribution in [0.2, 0.25) is 5.02 Å². The molecule has 1 atom stereocenters. The lowest BCUT2D eigenvalue weighted by molar-refractivity contribution is -0.143. The van der Waals surface area contributed by atoms with Gasteiger partial charge < -0.3 is 14.5 Å². The summed E-state index contributed by atoms with van der Waals surface area (Å²) in [5.74, 6) is -0.355. The molecule has 0 saturated heterocycles. The van der Waals surface area contributed by atoms with Crippen molar-refractivity contribution in [2.75, 3.05) is 13.1 Å². The number of hydrogen-bond acceptors (Lipinski definition) is 6. The van der Waals surface area contributed by atoms with Crippen LogP contribution in [0.15, 0.2) is 51.6 Å². The van der Waals surface area contributed by atoms with Crippen molar-refractivity contribution < 1.29 is 14.3 Å². The van der Waals surface area contributed by atoms with E-state index in [1.807, 2.05) is 57.1 Å². The maximum Gasteiger partial charge on any atom is 0.338 e. The predicted molar refractivity (Wildman–Crippen MR) is 126 cm³/mol. The molecule has 1 amide bonds. The van der Waals surface area contributed by atoms with Gasteiger partial charge in [-0.3, -0.25) is 4.79 Å². The van der Waals surface area contributed by atoms with Crippen LogP contribution in [0.4, 0.5) is 0 Å². The standard InChI is InChI=1S/C23H28ClN3O3S/c1-6-26(7-2)19(28)12-18-13-31-23-25-15(5)20(22(29)30-14(3)4)21(27(18)23)16-8-10-17(24)11-9-16/h8-11,13-14,21H,6-7,12H2,1-5H3. The van der Waals surface area contributed by atoms with Crippen LogP contribution in [-0.4, -0.2) is 46.0 Å². The molecule has 166 valence electrons. The molecule has 0 aromatic heterocycles. The Hall–Kier alpha value is -2.25. The smallest absolute Gasteiger partial charge is 0.338 e. The summed E-state index contributed by atoms with van der Waals surface area (Å²) in [6.45, 7) is 10.7. The number of amides is 1. The summed E-state index contributed by atoms with van der Waals surface area (Å²) < 4.78 is 5.55. The Balaban J connectivity index is 2.03. The number of halogens is 1. The number of thioether (sulfide) groups is 1. The van der Waals surface area contributed by atoms with Crippen molar-refractivity contribution in [1.82, 2.24) is 9.80 Å². The topological polar surface area (TPSA) is 62.2 Å². The largest absolute Gasteiger partial charge is 0.459 e. The van der Waals surface area contributed by atoms with Crippen LogP contribution >= 0.6 is 23.4 Å². The third-order valence-corrected chi connectivity index (χ3v) is 6.34. The lowest BCUT2D eigenvalue weighted by Gasteiger charge is -2.36. The number of ether oxygens (including phenoxy) is 1. The molecule has 31 heavy (non-hydrogen) atoms. The molecular weight excluding hydrogens is 434 g/mol. The van der Waals surface area contributed by atoms with Crippen molar-refractivity contribution in [2.45, 2.75) is 53.2 Å². The van der Waals surface area contributed by atoms with Crippen LogP contribution in [0.5, 0.6) is 0 Å². The highest BCUT2D eigenvalue weighted by Gasteiger charge is 2.41. The van der Waals surface area contributed by atoms with Crippen molar-refractivity contribution >= 4 is 40.4 Å². The van der Waals surface area contributed by atoms with Crippen molar-refractivity contribution in [3.8, 4) is 0 Å². The molecule has 0 aliphatic carbocycles. The molecule has 1 aromatic rings. The third kappa shape index (κ3) is 4.99. The number of hydrogen-bond donors (Lipinski definition) is 0. The minimum Gasteiger partial charge on any atom is -0.459 e. The molecule has 0 saturated carbocycles. The fourth-order valence-corrected chi connectivity index (χ4v) is 4.80. The van der Waals surface area contributed by atoms with Gasteiger partial charge in [0, 0.05) is 23.8 Å². The molecule has 8 heteroatoms. The van der Waals surface area contributed by atoms with Crippen LogP contribution in [-0.2, 0) is 14.3 Å². The Morgan fingerprint density at radius 1 is 1.23 bits per heavy atom. The SMILES string of the molecule is CCN(CC)C(=O)CC1=CSC2=NC(C)=C(C(=O)OC(C)C)C(c3ccc(Cl)cc3)N12. The van der Waals surface area contributed by atoms with Crippen molar-refractivity contribution in [3.63, 3.8) is 0 Å². The van der Waals surface area contributed by atoms with Gasteiger partial charge in [-0.05, 0) is 57.7 Å². The number of fused-ring (bicyclic) bond motifs is 1. The second-order valence-corrected chi connectivity index (χ2v) is 8.91. The molecule has 1 unspecified atom stereocenters. The first-order valence-electron chi connectivity index (χ1n) is 10.4.